The van der Waals surface area contributed by atoms with Gasteiger partial charge in [-0.2, -0.15) is 0 Å². The molecule has 1 nitrogen and oxygen atoms in total. The van der Waals surface area contributed by atoms with Crippen LogP contribution in [-0.2, 0) is 0 Å². The summed E-state index contributed by atoms with van der Waals surface area (Å²) >= 11 is 0. The normalized spacial score (nSPS) is 11.6. The van der Waals surface area contributed by atoms with E-state index in [0.29, 0.717) is 0 Å². The van der Waals surface area contributed by atoms with E-state index in [9.17, 15) is 0 Å². The quantitative estimate of drug-likeness (QED) is 0.185. The van der Waals surface area contributed by atoms with Gasteiger partial charge in [0.2, 0.25) is 0 Å². The minimum absolute atomic E-state index is 1.17. The molecule has 0 atom stereocenters. The van der Waals surface area contributed by atoms with Gasteiger partial charge in [-0.05, 0) is 84.4 Å². The molecule has 0 saturated heterocycles. The largest absolute Gasteiger partial charge is 0.316 e. The highest BCUT2D eigenvalue weighted by Crippen LogP contribution is 2.38. The number of benzene rings is 8. The van der Waals surface area contributed by atoms with Crippen LogP contribution >= 0.6 is 0 Å². The second kappa shape index (κ2) is 10.4. The number of aromatic nitrogens is 1. The van der Waals surface area contributed by atoms with Crippen molar-refractivity contribution in [1.82, 2.24) is 4.57 Å². The van der Waals surface area contributed by atoms with Gasteiger partial charge in [0, 0.05) is 22.8 Å². The molecule has 210 valence electrons. The molecule has 0 amide bonds. The third-order valence-corrected chi connectivity index (χ3v) is 9.24. The van der Waals surface area contributed by atoms with Crippen molar-refractivity contribution in [3.05, 3.63) is 176 Å². The zero-order valence-corrected chi connectivity index (χ0v) is 24.7. The SMILES string of the molecule is c1ccc(-n2cc(-c3ccc(-c4ccc(-c5ccc6c7ccccc7c7ccccc7c6c5)cc4)cc3)c3ccccc32)cc1. The van der Waals surface area contributed by atoms with Crippen molar-refractivity contribution in [3.8, 4) is 39.1 Å². The molecule has 0 N–H and O–H groups in total. The van der Waals surface area contributed by atoms with E-state index in [1.807, 2.05) is 0 Å². The number of para-hydroxylation sites is 2. The van der Waals surface area contributed by atoms with Crippen LogP contribution in [0.5, 0.6) is 0 Å². The third-order valence-electron chi connectivity index (χ3n) is 9.24. The monoisotopic (exact) mass is 571 g/mol. The van der Waals surface area contributed by atoms with Gasteiger partial charge >= 0.3 is 0 Å². The van der Waals surface area contributed by atoms with Crippen LogP contribution in [0.4, 0.5) is 0 Å². The molecule has 1 heterocycles. The summed E-state index contributed by atoms with van der Waals surface area (Å²) in [6.07, 6.45) is 2.26. The first-order chi connectivity index (χ1) is 22.3. The number of nitrogens with zero attached hydrogens (tertiary/aromatic N) is 1. The van der Waals surface area contributed by atoms with E-state index in [1.165, 1.54) is 82.3 Å². The summed E-state index contributed by atoms with van der Waals surface area (Å²) in [5.74, 6) is 0. The lowest BCUT2D eigenvalue weighted by Crippen LogP contribution is -1.90. The van der Waals surface area contributed by atoms with Crippen LogP contribution in [0.1, 0.15) is 0 Å². The number of fused-ring (bicyclic) bond motifs is 7. The summed E-state index contributed by atoms with van der Waals surface area (Å²) in [6, 6.07) is 61.6. The van der Waals surface area contributed by atoms with Crippen molar-refractivity contribution < 1.29 is 0 Å². The Hall–Kier alpha value is -5.92. The van der Waals surface area contributed by atoms with Gasteiger partial charge in [0.25, 0.3) is 0 Å². The van der Waals surface area contributed by atoms with Gasteiger partial charge in [-0.25, -0.2) is 0 Å². The van der Waals surface area contributed by atoms with E-state index in [2.05, 4.69) is 181 Å². The summed E-state index contributed by atoms with van der Waals surface area (Å²) in [5, 5.41) is 9.09. The number of hydrogen-bond donors (Lipinski definition) is 0. The minimum atomic E-state index is 1.17. The van der Waals surface area contributed by atoms with Gasteiger partial charge in [0.05, 0.1) is 5.52 Å². The molecule has 0 aliphatic rings. The van der Waals surface area contributed by atoms with Crippen molar-refractivity contribution in [3.63, 3.8) is 0 Å². The van der Waals surface area contributed by atoms with Crippen LogP contribution in [0.2, 0.25) is 0 Å². The molecule has 0 unspecified atom stereocenters. The highest BCUT2D eigenvalue weighted by molar-refractivity contribution is 6.25. The van der Waals surface area contributed by atoms with E-state index in [1.54, 1.807) is 0 Å². The lowest BCUT2D eigenvalue weighted by Gasteiger charge is -2.12. The van der Waals surface area contributed by atoms with Crippen LogP contribution in [0.3, 0.4) is 0 Å². The summed E-state index contributed by atoms with van der Waals surface area (Å²) in [7, 11) is 0. The zero-order valence-electron chi connectivity index (χ0n) is 24.7. The van der Waals surface area contributed by atoms with Gasteiger partial charge in [0.15, 0.2) is 0 Å². The number of rotatable bonds is 4. The fourth-order valence-electron chi connectivity index (χ4n) is 7.00. The second-order valence-corrected chi connectivity index (χ2v) is 11.8. The average molecular weight is 572 g/mol. The minimum Gasteiger partial charge on any atom is -0.316 e. The molecule has 1 heteroatoms. The first-order valence-corrected chi connectivity index (χ1v) is 15.5. The summed E-state index contributed by atoms with van der Waals surface area (Å²) in [4.78, 5) is 0. The molecule has 9 aromatic rings. The highest BCUT2D eigenvalue weighted by Gasteiger charge is 2.12. The Kier molecular flexibility index (Phi) is 5.89. The van der Waals surface area contributed by atoms with Crippen molar-refractivity contribution in [1.29, 1.82) is 0 Å². The van der Waals surface area contributed by atoms with Gasteiger partial charge in [-0.3, -0.25) is 0 Å². The Balaban J connectivity index is 1.06. The van der Waals surface area contributed by atoms with Crippen molar-refractivity contribution in [2.45, 2.75) is 0 Å². The first kappa shape index (κ1) is 25.6. The fourth-order valence-corrected chi connectivity index (χ4v) is 7.00. The smallest absolute Gasteiger partial charge is 0.0534 e. The fraction of sp³-hybridized carbons (Fsp3) is 0. The Labute approximate surface area is 262 Å². The topological polar surface area (TPSA) is 4.93 Å². The summed E-state index contributed by atoms with van der Waals surface area (Å²) in [6.45, 7) is 0. The molecule has 9 rings (SSSR count). The lowest BCUT2D eigenvalue weighted by atomic mass is 9.91. The van der Waals surface area contributed by atoms with Crippen LogP contribution in [0, 0.1) is 0 Å². The Bertz CT molecular complexity index is 2460. The molecule has 0 bridgehead atoms. The Morgan fingerprint density at radius 3 is 1.31 bits per heavy atom. The zero-order chi connectivity index (χ0) is 29.7. The summed E-state index contributed by atoms with van der Waals surface area (Å²) in [5.41, 5.74) is 9.74. The molecule has 0 radical (unpaired) electrons. The van der Waals surface area contributed by atoms with Crippen LogP contribution in [0.15, 0.2) is 176 Å². The Morgan fingerprint density at radius 2 is 0.711 bits per heavy atom. The lowest BCUT2D eigenvalue weighted by molar-refractivity contribution is 1.13. The molecule has 0 aliphatic carbocycles. The average Bonchev–Trinajstić information content (AvgIpc) is 3.52. The van der Waals surface area contributed by atoms with Gasteiger partial charge in [-0.15, -0.1) is 0 Å². The van der Waals surface area contributed by atoms with E-state index < -0.39 is 0 Å². The van der Waals surface area contributed by atoms with Crippen LogP contribution in [0.25, 0.3) is 82.3 Å². The molecule has 0 aliphatic heterocycles. The maximum absolute atomic E-state index is 2.36. The molecular formula is C44H29N. The predicted octanol–water partition coefficient (Wildman–Crippen LogP) is 12.1. The third kappa shape index (κ3) is 4.24. The maximum Gasteiger partial charge on any atom is 0.0534 e. The van der Waals surface area contributed by atoms with Crippen molar-refractivity contribution in [2.75, 3.05) is 0 Å². The van der Waals surface area contributed by atoms with E-state index in [4.69, 9.17) is 0 Å². The van der Waals surface area contributed by atoms with E-state index in [0.717, 1.165) is 0 Å². The molecule has 45 heavy (non-hydrogen) atoms. The van der Waals surface area contributed by atoms with Crippen LogP contribution in [-0.4, -0.2) is 4.57 Å². The molecule has 8 aromatic carbocycles. The van der Waals surface area contributed by atoms with Crippen molar-refractivity contribution in [2.24, 2.45) is 0 Å². The van der Waals surface area contributed by atoms with Gasteiger partial charge in [0.1, 0.15) is 0 Å². The number of hydrogen-bond acceptors (Lipinski definition) is 0. The van der Waals surface area contributed by atoms with E-state index in [-0.39, 0.29) is 0 Å². The van der Waals surface area contributed by atoms with Crippen molar-refractivity contribution >= 4 is 43.2 Å². The predicted molar refractivity (Wildman–Crippen MR) is 192 cm³/mol. The van der Waals surface area contributed by atoms with Gasteiger partial charge in [-0.1, -0.05) is 146 Å². The maximum atomic E-state index is 2.36. The molecule has 1 aromatic heterocycles. The molecule has 0 fully saturated rings. The Morgan fingerprint density at radius 1 is 0.289 bits per heavy atom. The molecular weight excluding hydrogens is 542 g/mol. The molecule has 0 saturated carbocycles. The highest BCUT2D eigenvalue weighted by atomic mass is 15.0. The van der Waals surface area contributed by atoms with Crippen LogP contribution < -0.4 is 0 Å². The second-order valence-electron chi connectivity index (χ2n) is 11.8. The summed E-state index contributed by atoms with van der Waals surface area (Å²) < 4.78 is 2.29. The van der Waals surface area contributed by atoms with E-state index >= 15 is 0 Å². The van der Waals surface area contributed by atoms with Gasteiger partial charge < -0.3 is 4.57 Å². The molecule has 0 spiro atoms. The standard InChI is InChI=1S/C44H29N/c1-2-10-35(11-3-1)45-29-43(41-16-8-9-17-44(41)45)33-24-22-31(23-25-33)30-18-20-32(21-19-30)34-26-27-40-38-14-5-4-12-36(38)37-13-6-7-15-39(37)42(40)28-34/h1-29H. The first-order valence-electron chi connectivity index (χ1n) is 15.5.